The van der Waals surface area contributed by atoms with Crippen LogP contribution < -0.4 is 10.6 Å². The number of hydrogen-bond donors (Lipinski definition) is 3. The highest BCUT2D eigenvalue weighted by molar-refractivity contribution is 5.90. The molecule has 2 atom stereocenters. The van der Waals surface area contributed by atoms with E-state index in [2.05, 4.69) is 10.6 Å². The van der Waals surface area contributed by atoms with Gasteiger partial charge in [0.2, 0.25) is 0 Å². The summed E-state index contributed by atoms with van der Waals surface area (Å²) in [6, 6.07) is 7.32. The molecule has 114 valence electrons. The van der Waals surface area contributed by atoms with Gasteiger partial charge in [0, 0.05) is 36.4 Å². The minimum atomic E-state index is -0.243. The smallest absolute Gasteiger partial charge is 0.319 e. The summed E-state index contributed by atoms with van der Waals surface area (Å²) in [5, 5.41) is 14.8. The molecule has 1 aliphatic rings. The van der Waals surface area contributed by atoms with E-state index in [1.807, 2.05) is 43.3 Å². The molecule has 5 nitrogen and oxygen atoms in total. The van der Waals surface area contributed by atoms with E-state index in [1.165, 1.54) is 0 Å². The van der Waals surface area contributed by atoms with Crippen LogP contribution >= 0.6 is 0 Å². The van der Waals surface area contributed by atoms with Gasteiger partial charge in [-0.15, -0.1) is 0 Å². The first-order valence-electron chi connectivity index (χ1n) is 7.25. The van der Waals surface area contributed by atoms with E-state index in [4.69, 9.17) is 9.84 Å². The Labute approximate surface area is 125 Å². The summed E-state index contributed by atoms with van der Waals surface area (Å²) in [5.41, 5.74) is 1.70. The Kier molecular flexibility index (Phi) is 5.78. The average molecular weight is 290 g/mol. The Bertz CT molecular complexity index is 502. The van der Waals surface area contributed by atoms with Crippen LogP contribution in [0.3, 0.4) is 0 Å². The number of ether oxygens (including phenoxy) is 1. The predicted octanol–water partition coefficient (Wildman–Crippen LogP) is 2.28. The molecule has 2 amide bonds. The van der Waals surface area contributed by atoms with Crippen molar-refractivity contribution in [3.8, 4) is 0 Å². The minimum Gasteiger partial charge on any atom is -0.396 e. The Morgan fingerprint density at radius 1 is 1.38 bits per heavy atom. The number of para-hydroxylation sites is 1. The van der Waals surface area contributed by atoms with Gasteiger partial charge < -0.3 is 20.5 Å². The van der Waals surface area contributed by atoms with Crippen molar-refractivity contribution >= 4 is 11.7 Å². The number of aliphatic hydroxyl groups is 1. The molecule has 0 saturated heterocycles. The number of anilines is 1. The van der Waals surface area contributed by atoms with E-state index < -0.39 is 0 Å². The van der Waals surface area contributed by atoms with Gasteiger partial charge in [-0.1, -0.05) is 30.4 Å². The van der Waals surface area contributed by atoms with Gasteiger partial charge in [0.05, 0.1) is 6.61 Å². The number of hydrogen-bond acceptors (Lipinski definition) is 3. The van der Waals surface area contributed by atoms with Crippen LogP contribution in [0.25, 0.3) is 0 Å². The van der Waals surface area contributed by atoms with Gasteiger partial charge in [0.1, 0.15) is 0 Å². The molecule has 0 heterocycles. The van der Waals surface area contributed by atoms with Crippen LogP contribution in [0.2, 0.25) is 0 Å². The molecule has 1 aliphatic carbocycles. The van der Waals surface area contributed by atoms with Crippen molar-refractivity contribution in [2.24, 2.45) is 5.92 Å². The maximum Gasteiger partial charge on any atom is 0.319 e. The summed E-state index contributed by atoms with van der Waals surface area (Å²) in [5.74, 6) is 0.139. The van der Waals surface area contributed by atoms with E-state index in [9.17, 15) is 4.79 Å². The number of benzene rings is 1. The van der Waals surface area contributed by atoms with Gasteiger partial charge in [-0.3, -0.25) is 0 Å². The molecule has 0 unspecified atom stereocenters. The van der Waals surface area contributed by atoms with E-state index >= 15 is 0 Å². The maximum atomic E-state index is 12.0. The van der Waals surface area contributed by atoms with Gasteiger partial charge >= 0.3 is 6.03 Å². The van der Waals surface area contributed by atoms with Gasteiger partial charge in [-0.05, 0) is 19.4 Å². The summed E-state index contributed by atoms with van der Waals surface area (Å²) in [6.07, 6.45) is 4.60. The molecule has 0 aromatic heterocycles. The highest BCUT2D eigenvalue weighted by Gasteiger charge is 2.19. The summed E-state index contributed by atoms with van der Waals surface area (Å²) >= 11 is 0. The second-order valence-corrected chi connectivity index (χ2v) is 5.06. The lowest BCUT2D eigenvalue weighted by Gasteiger charge is -2.15. The van der Waals surface area contributed by atoms with Crippen LogP contribution in [0.5, 0.6) is 0 Å². The van der Waals surface area contributed by atoms with Crippen molar-refractivity contribution in [3.63, 3.8) is 0 Å². The van der Waals surface area contributed by atoms with Crippen molar-refractivity contribution in [2.45, 2.75) is 26.0 Å². The molecule has 0 radical (unpaired) electrons. The number of rotatable bonds is 6. The molecular formula is C16H22N2O3. The molecule has 0 fully saturated rings. The van der Waals surface area contributed by atoms with Crippen LogP contribution in [-0.4, -0.2) is 30.4 Å². The molecule has 0 saturated carbocycles. The lowest BCUT2D eigenvalue weighted by atomic mass is 10.1. The molecule has 3 N–H and O–H groups in total. The van der Waals surface area contributed by atoms with Crippen LogP contribution in [0.1, 0.15) is 18.9 Å². The summed E-state index contributed by atoms with van der Waals surface area (Å²) in [4.78, 5) is 12.0. The van der Waals surface area contributed by atoms with Gasteiger partial charge in [-0.2, -0.15) is 0 Å². The zero-order chi connectivity index (χ0) is 15.1. The van der Waals surface area contributed by atoms with Crippen LogP contribution in [0.15, 0.2) is 36.4 Å². The zero-order valence-corrected chi connectivity index (χ0v) is 12.2. The number of aliphatic hydroxyl groups excluding tert-OH is 1. The lowest BCUT2D eigenvalue weighted by molar-refractivity contribution is 0.134. The molecule has 0 aliphatic heterocycles. The topological polar surface area (TPSA) is 70.6 Å². The Morgan fingerprint density at radius 3 is 2.90 bits per heavy atom. The summed E-state index contributed by atoms with van der Waals surface area (Å²) in [7, 11) is 0. The molecule has 21 heavy (non-hydrogen) atoms. The average Bonchev–Trinajstić information content (AvgIpc) is 2.94. The second-order valence-electron chi connectivity index (χ2n) is 5.06. The number of carbonyl (C=O) groups is 1. The third kappa shape index (κ3) is 4.58. The standard InChI is InChI=1S/C16H22N2O3/c1-2-21-11-13-5-3-4-6-15(13)18-16(20)17-14-8-7-12(9-14)10-19/h3-8,12,14,19H,2,9-11H2,1H3,(H2,17,18,20)/t12-,14+/m0/s1. The molecule has 1 aromatic carbocycles. The van der Waals surface area contributed by atoms with Crippen molar-refractivity contribution in [1.29, 1.82) is 0 Å². The number of urea groups is 1. The largest absolute Gasteiger partial charge is 0.396 e. The molecule has 5 heteroatoms. The Balaban J connectivity index is 1.89. The fraction of sp³-hybridized carbons (Fsp3) is 0.438. The van der Waals surface area contributed by atoms with E-state index in [0.29, 0.717) is 13.2 Å². The van der Waals surface area contributed by atoms with Crippen molar-refractivity contribution in [1.82, 2.24) is 5.32 Å². The van der Waals surface area contributed by atoms with Crippen molar-refractivity contribution in [2.75, 3.05) is 18.5 Å². The summed E-state index contributed by atoms with van der Waals surface area (Å²) in [6.45, 7) is 3.17. The number of nitrogens with one attached hydrogen (secondary N) is 2. The molecule has 2 rings (SSSR count). The molecule has 1 aromatic rings. The molecule has 0 spiro atoms. The first-order valence-corrected chi connectivity index (χ1v) is 7.25. The SMILES string of the molecule is CCOCc1ccccc1NC(=O)N[C@@H]1C=C[C@H](CO)C1. The van der Waals surface area contributed by atoms with E-state index in [1.54, 1.807) is 0 Å². The normalized spacial score (nSPS) is 20.5. The maximum absolute atomic E-state index is 12.0. The van der Waals surface area contributed by atoms with Crippen molar-refractivity contribution in [3.05, 3.63) is 42.0 Å². The fourth-order valence-electron chi connectivity index (χ4n) is 2.32. The fourth-order valence-corrected chi connectivity index (χ4v) is 2.32. The quantitative estimate of drug-likeness (QED) is 0.704. The molecular weight excluding hydrogens is 268 g/mol. The van der Waals surface area contributed by atoms with Gasteiger partial charge in [0.15, 0.2) is 0 Å². The predicted molar refractivity (Wildman–Crippen MR) is 82.0 cm³/mol. The van der Waals surface area contributed by atoms with E-state index in [0.717, 1.165) is 17.7 Å². The minimum absolute atomic E-state index is 0.0267. The van der Waals surface area contributed by atoms with E-state index in [-0.39, 0.29) is 24.6 Å². The van der Waals surface area contributed by atoms with Crippen LogP contribution in [-0.2, 0) is 11.3 Å². The second kappa shape index (κ2) is 7.81. The van der Waals surface area contributed by atoms with Gasteiger partial charge in [-0.25, -0.2) is 4.79 Å². The first kappa shape index (κ1) is 15.5. The number of carbonyl (C=O) groups excluding carboxylic acids is 1. The Morgan fingerprint density at radius 2 is 2.19 bits per heavy atom. The highest BCUT2D eigenvalue weighted by Crippen LogP contribution is 2.18. The third-order valence-electron chi connectivity index (χ3n) is 3.45. The van der Waals surface area contributed by atoms with Crippen molar-refractivity contribution < 1.29 is 14.6 Å². The lowest BCUT2D eigenvalue weighted by Crippen LogP contribution is -2.36. The third-order valence-corrected chi connectivity index (χ3v) is 3.45. The van der Waals surface area contributed by atoms with Gasteiger partial charge in [0.25, 0.3) is 0 Å². The zero-order valence-electron chi connectivity index (χ0n) is 12.2. The van der Waals surface area contributed by atoms with Crippen LogP contribution in [0, 0.1) is 5.92 Å². The monoisotopic (exact) mass is 290 g/mol. The first-order chi connectivity index (χ1) is 10.2. The van der Waals surface area contributed by atoms with Crippen LogP contribution in [0.4, 0.5) is 10.5 Å². The molecule has 0 bridgehead atoms. The Hall–Kier alpha value is -1.85. The summed E-state index contributed by atoms with van der Waals surface area (Å²) < 4.78 is 5.39. The highest BCUT2D eigenvalue weighted by atomic mass is 16.5. The number of amides is 2.